The predicted molar refractivity (Wildman–Crippen MR) is 147 cm³/mol. The minimum atomic E-state index is -0.806. The molecule has 0 bridgehead atoms. The van der Waals surface area contributed by atoms with Crippen molar-refractivity contribution in [2.45, 2.75) is 82.2 Å². The molecule has 12 nitrogen and oxygen atoms in total. The number of likely N-dealkylation sites (N-methyl/N-ethyl adjacent to an activating group) is 1. The van der Waals surface area contributed by atoms with Gasteiger partial charge < -0.3 is 20.7 Å². The normalized spacial score (nSPS) is 35.9. The molecule has 3 heterocycles. The van der Waals surface area contributed by atoms with Crippen LogP contribution in [0.5, 0.6) is 0 Å². The molecule has 3 saturated carbocycles. The summed E-state index contributed by atoms with van der Waals surface area (Å²) in [6.07, 6.45) is 8.79. The fourth-order valence-electron chi connectivity index (χ4n) is 8.41. The van der Waals surface area contributed by atoms with Crippen LogP contribution < -0.4 is 11.1 Å². The highest BCUT2D eigenvalue weighted by atomic mass is 16.5. The molecule has 0 aromatic carbocycles. The Bertz CT molecular complexity index is 1170. The van der Waals surface area contributed by atoms with Gasteiger partial charge in [-0.3, -0.25) is 29.1 Å². The average Bonchev–Trinajstić information content (AvgIpc) is 3.69. The second-order valence-electron chi connectivity index (χ2n) is 13.2. The lowest BCUT2D eigenvalue weighted by molar-refractivity contribution is -0.151. The Kier molecular flexibility index (Phi) is 7.02. The first-order valence-electron chi connectivity index (χ1n) is 15.2. The van der Waals surface area contributed by atoms with Gasteiger partial charge in [0.2, 0.25) is 0 Å². The number of hydrogen-bond donors (Lipinski definition) is 2. The zero-order valence-corrected chi connectivity index (χ0v) is 24.2. The predicted octanol–water partition coefficient (Wildman–Crippen LogP) is 1.75. The summed E-state index contributed by atoms with van der Waals surface area (Å²) in [7, 11) is 3.12. The summed E-state index contributed by atoms with van der Waals surface area (Å²) in [5.74, 6) is -0.939. The molecule has 224 valence electrons. The second-order valence-corrected chi connectivity index (χ2v) is 13.2. The van der Waals surface area contributed by atoms with Gasteiger partial charge in [0.1, 0.15) is 16.9 Å². The van der Waals surface area contributed by atoms with Crippen LogP contribution >= 0.6 is 0 Å². The van der Waals surface area contributed by atoms with Crippen molar-refractivity contribution in [2.75, 3.05) is 40.4 Å². The first-order valence-corrected chi connectivity index (χ1v) is 15.2. The summed E-state index contributed by atoms with van der Waals surface area (Å²) in [6.45, 7) is 2.12. The summed E-state index contributed by atoms with van der Waals surface area (Å²) >= 11 is 0. The van der Waals surface area contributed by atoms with Gasteiger partial charge in [-0.05, 0) is 69.1 Å². The molecule has 7 amide bonds. The molecule has 3 saturated heterocycles. The SMILES string of the molecule is CN/C(N)=C1\C(=O)N(CC2CCCC2)C(=O)N(C2CCC3(CC2)CC2(C3)C(=O)N(C)C(=O)N2C[C@@H]2CCOC2)C1=O. The molecule has 0 aromatic rings. The van der Waals surface area contributed by atoms with Gasteiger partial charge in [0.05, 0.1) is 6.61 Å². The molecule has 1 atom stereocenters. The lowest BCUT2D eigenvalue weighted by atomic mass is 9.51. The number of hydrogen-bond acceptors (Lipinski definition) is 8. The lowest BCUT2D eigenvalue weighted by Crippen LogP contribution is -2.66. The number of carbonyl (C=O) groups excluding carboxylic acids is 5. The summed E-state index contributed by atoms with van der Waals surface area (Å²) in [6, 6.07) is -1.14. The second kappa shape index (κ2) is 10.3. The molecule has 3 aliphatic heterocycles. The third kappa shape index (κ3) is 4.40. The quantitative estimate of drug-likeness (QED) is 0.279. The fourth-order valence-corrected chi connectivity index (χ4v) is 8.41. The Morgan fingerprint density at radius 3 is 2.22 bits per heavy atom. The van der Waals surface area contributed by atoms with E-state index in [1.807, 2.05) is 0 Å². The molecular weight excluding hydrogens is 528 g/mol. The fraction of sp³-hybridized carbons (Fsp3) is 0.759. The van der Waals surface area contributed by atoms with Crippen LogP contribution in [0.2, 0.25) is 0 Å². The van der Waals surface area contributed by atoms with E-state index in [0.29, 0.717) is 52.0 Å². The number of amides is 7. The number of imide groups is 3. The number of nitrogens with zero attached hydrogens (tertiary/aromatic N) is 4. The third-order valence-corrected chi connectivity index (χ3v) is 10.7. The van der Waals surface area contributed by atoms with Gasteiger partial charge in [-0.25, -0.2) is 9.59 Å². The molecule has 6 aliphatic rings. The highest BCUT2D eigenvalue weighted by Gasteiger charge is 2.68. The minimum Gasteiger partial charge on any atom is -0.385 e. The van der Waals surface area contributed by atoms with E-state index in [4.69, 9.17) is 10.5 Å². The number of urea groups is 2. The number of ether oxygens (including phenoxy) is 1. The lowest BCUT2D eigenvalue weighted by Gasteiger charge is -2.59. The zero-order chi connectivity index (χ0) is 29.1. The third-order valence-electron chi connectivity index (χ3n) is 10.7. The highest BCUT2D eigenvalue weighted by Crippen LogP contribution is 2.61. The Balaban J connectivity index is 1.17. The van der Waals surface area contributed by atoms with Crippen molar-refractivity contribution in [3.8, 4) is 0 Å². The van der Waals surface area contributed by atoms with Crippen LogP contribution in [-0.2, 0) is 19.1 Å². The van der Waals surface area contributed by atoms with Crippen molar-refractivity contribution in [1.29, 1.82) is 0 Å². The Morgan fingerprint density at radius 2 is 1.61 bits per heavy atom. The van der Waals surface area contributed by atoms with Crippen LogP contribution in [0, 0.1) is 17.3 Å². The largest absolute Gasteiger partial charge is 0.385 e. The maximum absolute atomic E-state index is 13.7. The molecule has 3 N–H and O–H groups in total. The van der Waals surface area contributed by atoms with Gasteiger partial charge in [0.15, 0.2) is 0 Å². The van der Waals surface area contributed by atoms with Gasteiger partial charge in [-0.2, -0.15) is 0 Å². The van der Waals surface area contributed by atoms with E-state index in [0.717, 1.165) is 44.9 Å². The standard InChI is InChI=1S/C29H42N6O6/c1-31-22(30)21-23(36)33(13-18-5-3-4-6-18)27(40)35(24(21)37)20-7-10-28(11-8-20)16-29(17-28)25(38)32(2)26(39)34(29)14-19-9-12-41-15-19/h18-20,31H,3-17,30H2,1-2H3/b22-21+/t19-,20?,28?,29?/m0/s1. The average molecular weight is 571 g/mol. The molecule has 6 rings (SSSR count). The van der Waals surface area contributed by atoms with E-state index in [9.17, 15) is 24.0 Å². The first kappa shape index (κ1) is 28.0. The van der Waals surface area contributed by atoms with Crippen LogP contribution in [0.25, 0.3) is 0 Å². The number of carbonyl (C=O) groups is 5. The summed E-state index contributed by atoms with van der Waals surface area (Å²) in [4.78, 5) is 72.5. The van der Waals surface area contributed by atoms with Crippen LogP contribution in [0.3, 0.4) is 0 Å². The van der Waals surface area contributed by atoms with Gasteiger partial charge in [-0.15, -0.1) is 0 Å². The monoisotopic (exact) mass is 570 g/mol. The van der Waals surface area contributed by atoms with Crippen molar-refractivity contribution in [3.05, 3.63) is 11.4 Å². The van der Waals surface area contributed by atoms with Gasteiger partial charge >= 0.3 is 12.1 Å². The molecule has 0 radical (unpaired) electrons. The van der Waals surface area contributed by atoms with Gasteiger partial charge in [0, 0.05) is 45.8 Å². The van der Waals surface area contributed by atoms with E-state index in [2.05, 4.69) is 5.32 Å². The van der Waals surface area contributed by atoms with Gasteiger partial charge in [0.25, 0.3) is 17.7 Å². The van der Waals surface area contributed by atoms with Crippen LogP contribution in [-0.4, -0.2) is 101 Å². The van der Waals surface area contributed by atoms with E-state index in [1.165, 1.54) is 14.7 Å². The van der Waals surface area contributed by atoms with Crippen LogP contribution in [0.4, 0.5) is 9.59 Å². The van der Waals surface area contributed by atoms with E-state index in [-0.39, 0.29) is 46.6 Å². The van der Waals surface area contributed by atoms with E-state index >= 15 is 0 Å². The molecule has 6 fully saturated rings. The topological polar surface area (TPSA) is 146 Å². The molecule has 0 unspecified atom stereocenters. The van der Waals surface area contributed by atoms with Crippen LogP contribution in [0.1, 0.15) is 70.6 Å². The minimum absolute atomic E-state index is 0.0246. The maximum Gasteiger partial charge on any atom is 0.334 e. The summed E-state index contributed by atoms with van der Waals surface area (Å²) in [5.41, 5.74) is 4.98. The van der Waals surface area contributed by atoms with Crippen molar-refractivity contribution in [1.82, 2.24) is 24.9 Å². The molecule has 41 heavy (non-hydrogen) atoms. The van der Waals surface area contributed by atoms with E-state index < -0.39 is 23.4 Å². The zero-order valence-electron chi connectivity index (χ0n) is 24.2. The number of barbiturate groups is 1. The Hall–Kier alpha value is -3.15. The molecule has 3 aliphatic carbocycles. The Morgan fingerprint density at radius 1 is 0.927 bits per heavy atom. The van der Waals surface area contributed by atoms with Crippen molar-refractivity contribution >= 4 is 29.8 Å². The van der Waals surface area contributed by atoms with Crippen LogP contribution in [0.15, 0.2) is 11.4 Å². The summed E-state index contributed by atoms with van der Waals surface area (Å²) in [5, 5.41) is 2.72. The molecule has 0 aromatic heterocycles. The van der Waals surface area contributed by atoms with Crippen molar-refractivity contribution in [2.24, 2.45) is 23.0 Å². The van der Waals surface area contributed by atoms with Crippen molar-refractivity contribution in [3.63, 3.8) is 0 Å². The number of nitrogens with one attached hydrogen (secondary N) is 1. The smallest absolute Gasteiger partial charge is 0.334 e. The van der Waals surface area contributed by atoms with E-state index in [1.54, 1.807) is 19.0 Å². The first-order chi connectivity index (χ1) is 19.6. The molecule has 12 heteroatoms. The number of rotatable bonds is 6. The molecule has 2 spiro atoms. The number of nitrogens with two attached hydrogens (primary N) is 1. The molecular formula is C29H42N6O6. The Labute approximate surface area is 240 Å². The van der Waals surface area contributed by atoms with Gasteiger partial charge in [-0.1, -0.05) is 12.8 Å². The van der Waals surface area contributed by atoms with Crippen molar-refractivity contribution < 1.29 is 28.7 Å². The highest BCUT2D eigenvalue weighted by molar-refractivity contribution is 6.29. The maximum atomic E-state index is 13.7. The summed E-state index contributed by atoms with van der Waals surface area (Å²) < 4.78 is 5.52.